The topological polar surface area (TPSA) is 74.4 Å². The Labute approximate surface area is 153 Å². The summed E-state index contributed by atoms with van der Waals surface area (Å²) in [5.41, 5.74) is 2.53. The van der Waals surface area contributed by atoms with Crippen LogP contribution >= 0.6 is 0 Å². The van der Waals surface area contributed by atoms with Gasteiger partial charge < -0.3 is 19.9 Å². The van der Waals surface area contributed by atoms with E-state index in [2.05, 4.69) is 16.4 Å². The number of likely N-dealkylation sites (tertiary alicyclic amines) is 1. The van der Waals surface area contributed by atoms with Crippen molar-refractivity contribution in [3.8, 4) is 5.75 Å². The molecule has 1 unspecified atom stereocenters. The fourth-order valence-electron chi connectivity index (χ4n) is 3.44. The number of carbonyl (C=O) groups excluding carboxylic acids is 1. The van der Waals surface area contributed by atoms with Crippen LogP contribution < -0.4 is 15.6 Å². The van der Waals surface area contributed by atoms with E-state index in [1.54, 1.807) is 19.4 Å². The molecular weight excluding hydrogens is 330 g/mol. The first-order valence-corrected chi connectivity index (χ1v) is 8.92. The number of ether oxygens (including phenoxy) is 1. The van der Waals surface area contributed by atoms with Crippen LogP contribution in [0.3, 0.4) is 0 Å². The maximum absolute atomic E-state index is 12.6. The number of benzene rings is 1. The van der Waals surface area contributed by atoms with Crippen molar-refractivity contribution >= 4 is 6.03 Å². The molecule has 0 saturated carbocycles. The van der Waals surface area contributed by atoms with Crippen molar-refractivity contribution < 1.29 is 9.53 Å². The van der Waals surface area contributed by atoms with Crippen molar-refractivity contribution in [1.29, 1.82) is 0 Å². The van der Waals surface area contributed by atoms with E-state index in [1.165, 1.54) is 0 Å². The first kappa shape index (κ1) is 18.0. The third kappa shape index (κ3) is 4.25. The van der Waals surface area contributed by atoms with Gasteiger partial charge in [-0.15, -0.1) is 0 Å². The van der Waals surface area contributed by atoms with E-state index in [0.717, 1.165) is 42.7 Å². The smallest absolute Gasteiger partial charge is 0.317 e. The van der Waals surface area contributed by atoms with Crippen LogP contribution in [-0.4, -0.2) is 35.6 Å². The summed E-state index contributed by atoms with van der Waals surface area (Å²) in [4.78, 5) is 29.0. The summed E-state index contributed by atoms with van der Waals surface area (Å²) in [5.74, 6) is 0.829. The SMILES string of the molecule is COc1cccc(CC2CCCN2C(=O)NCc2cc(C)c[nH]c2=O)c1. The molecule has 2 heterocycles. The van der Waals surface area contributed by atoms with E-state index in [-0.39, 0.29) is 24.2 Å². The number of aryl methyl sites for hydroxylation is 1. The average molecular weight is 355 g/mol. The quantitative estimate of drug-likeness (QED) is 0.866. The van der Waals surface area contributed by atoms with Crippen molar-refractivity contribution in [3.63, 3.8) is 0 Å². The number of nitrogens with zero attached hydrogens (tertiary/aromatic N) is 1. The highest BCUT2D eigenvalue weighted by Gasteiger charge is 2.28. The zero-order valence-corrected chi connectivity index (χ0v) is 15.2. The molecule has 3 rings (SSSR count). The molecule has 1 atom stereocenters. The molecule has 6 heteroatoms. The van der Waals surface area contributed by atoms with Crippen molar-refractivity contribution in [1.82, 2.24) is 15.2 Å². The van der Waals surface area contributed by atoms with E-state index in [0.29, 0.717) is 5.56 Å². The lowest BCUT2D eigenvalue weighted by Gasteiger charge is -2.25. The number of pyridine rings is 1. The number of rotatable bonds is 5. The third-order valence-corrected chi connectivity index (χ3v) is 4.80. The summed E-state index contributed by atoms with van der Waals surface area (Å²) in [5, 5.41) is 2.89. The molecule has 1 aliphatic rings. The van der Waals surface area contributed by atoms with Gasteiger partial charge in [0.1, 0.15) is 5.75 Å². The summed E-state index contributed by atoms with van der Waals surface area (Å²) in [6.45, 7) is 2.88. The Morgan fingerprint density at radius 1 is 1.38 bits per heavy atom. The van der Waals surface area contributed by atoms with Crippen LogP contribution in [0.1, 0.15) is 29.5 Å². The Bertz CT molecular complexity index is 831. The fourth-order valence-corrected chi connectivity index (χ4v) is 3.44. The van der Waals surface area contributed by atoms with E-state index >= 15 is 0 Å². The van der Waals surface area contributed by atoms with Crippen molar-refractivity contribution in [3.05, 3.63) is 63.6 Å². The highest BCUT2D eigenvalue weighted by molar-refractivity contribution is 5.74. The minimum atomic E-state index is -0.162. The highest BCUT2D eigenvalue weighted by Crippen LogP contribution is 2.23. The van der Waals surface area contributed by atoms with E-state index in [9.17, 15) is 9.59 Å². The van der Waals surface area contributed by atoms with Gasteiger partial charge in [0.25, 0.3) is 5.56 Å². The number of methoxy groups -OCH3 is 1. The van der Waals surface area contributed by atoms with Gasteiger partial charge in [-0.3, -0.25) is 4.79 Å². The van der Waals surface area contributed by atoms with Crippen LogP contribution in [0, 0.1) is 6.92 Å². The molecule has 0 radical (unpaired) electrons. The summed E-state index contributed by atoms with van der Waals surface area (Å²) < 4.78 is 5.28. The molecule has 1 aliphatic heterocycles. The van der Waals surface area contributed by atoms with Crippen LogP contribution in [-0.2, 0) is 13.0 Å². The lowest BCUT2D eigenvalue weighted by Crippen LogP contribution is -2.43. The van der Waals surface area contributed by atoms with Crippen LogP contribution in [0.25, 0.3) is 0 Å². The minimum absolute atomic E-state index is 0.115. The molecule has 1 fully saturated rings. The Morgan fingerprint density at radius 3 is 3.04 bits per heavy atom. The molecule has 2 aromatic rings. The van der Waals surface area contributed by atoms with Gasteiger partial charge in [-0.1, -0.05) is 12.1 Å². The monoisotopic (exact) mass is 355 g/mol. The number of nitrogens with one attached hydrogen (secondary N) is 2. The summed E-state index contributed by atoms with van der Waals surface area (Å²) in [6, 6.07) is 9.81. The van der Waals surface area contributed by atoms with Gasteiger partial charge in [0.05, 0.1) is 7.11 Å². The molecule has 138 valence electrons. The summed E-state index contributed by atoms with van der Waals surface area (Å²) >= 11 is 0. The molecular formula is C20H25N3O3. The zero-order chi connectivity index (χ0) is 18.5. The molecule has 2 amide bonds. The number of hydrogen-bond acceptors (Lipinski definition) is 3. The second kappa shape index (κ2) is 8.08. The lowest BCUT2D eigenvalue weighted by molar-refractivity contribution is 0.192. The molecule has 0 bridgehead atoms. The first-order chi connectivity index (χ1) is 12.6. The van der Waals surface area contributed by atoms with Gasteiger partial charge in [-0.2, -0.15) is 0 Å². The maximum Gasteiger partial charge on any atom is 0.317 e. The van der Waals surface area contributed by atoms with Crippen LogP contribution in [0.2, 0.25) is 0 Å². The Balaban J connectivity index is 1.62. The van der Waals surface area contributed by atoms with Crippen LogP contribution in [0.5, 0.6) is 5.75 Å². The number of amides is 2. The molecule has 6 nitrogen and oxygen atoms in total. The number of aromatic amines is 1. The predicted molar refractivity (Wildman–Crippen MR) is 100 cm³/mol. The highest BCUT2D eigenvalue weighted by atomic mass is 16.5. The predicted octanol–water partition coefficient (Wildman–Crippen LogP) is 2.61. The second-order valence-electron chi connectivity index (χ2n) is 6.74. The van der Waals surface area contributed by atoms with Crippen molar-refractivity contribution in [2.75, 3.05) is 13.7 Å². The van der Waals surface area contributed by atoms with Gasteiger partial charge in [-0.05, 0) is 55.5 Å². The Morgan fingerprint density at radius 2 is 2.23 bits per heavy atom. The minimum Gasteiger partial charge on any atom is -0.497 e. The molecule has 0 spiro atoms. The van der Waals surface area contributed by atoms with Gasteiger partial charge in [0.2, 0.25) is 0 Å². The molecule has 1 aromatic heterocycles. The maximum atomic E-state index is 12.6. The normalized spacial score (nSPS) is 16.5. The first-order valence-electron chi connectivity index (χ1n) is 8.92. The molecule has 1 saturated heterocycles. The summed E-state index contributed by atoms with van der Waals surface area (Å²) in [7, 11) is 1.65. The van der Waals surface area contributed by atoms with Gasteiger partial charge in [0.15, 0.2) is 0 Å². The van der Waals surface area contributed by atoms with Gasteiger partial charge >= 0.3 is 6.03 Å². The Hall–Kier alpha value is -2.76. The lowest BCUT2D eigenvalue weighted by atomic mass is 10.0. The number of carbonyl (C=O) groups is 1. The van der Waals surface area contributed by atoms with Gasteiger partial charge in [-0.25, -0.2) is 4.79 Å². The fraction of sp³-hybridized carbons (Fsp3) is 0.400. The van der Waals surface area contributed by atoms with Gasteiger partial charge in [0, 0.05) is 30.9 Å². The largest absolute Gasteiger partial charge is 0.497 e. The van der Waals surface area contributed by atoms with Crippen molar-refractivity contribution in [2.24, 2.45) is 0 Å². The third-order valence-electron chi connectivity index (χ3n) is 4.80. The van der Waals surface area contributed by atoms with Crippen molar-refractivity contribution in [2.45, 2.75) is 38.8 Å². The number of H-pyrrole nitrogens is 1. The molecule has 0 aliphatic carbocycles. The summed E-state index contributed by atoms with van der Waals surface area (Å²) in [6.07, 6.45) is 4.44. The van der Waals surface area contributed by atoms with Crippen LogP contribution in [0.4, 0.5) is 4.79 Å². The zero-order valence-electron chi connectivity index (χ0n) is 15.2. The second-order valence-corrected chi connectivity index (χ2v) is 6.74. The number of aromatic nitrogens is 1. The van der Waals surface area contributed by atoms with Crippen LogP contribution in [0.15, 0.2) is 41.3 Å². The standard InChI is InChI=1S/C20H25N3O3/c1-14-9-16(19(24)21-12-14)13-22-20(25)23-8-4-6-17(23)10-15-5-3-7-18(11-15)26-2/h3,5,7,9,11-12,17H,4,6,8,10,13H2,1-2H3,(H,21,24)(H,22,25). The van der Waals surface area contributed by atoms with E-state index in [4.69, 9.17) is 4.74 Å². The average Bonchev–Trinajstić information content (AvgIpc) is 3.10. The molecule has 2 N–H and O–H groups in total. The molecule has 26 heavy (non-hydrogen) atoms. The number of hydrogen-bond donors (Lipinski definition) is 2. The molecule has 1 aromatic carbocycles. The van der Waals surface area contributed by atoms with E-state index < -0.39 is 0 Å². The van der Waals surface area contributed by atoms with E-state index in [1.807, 2.05) is 30.0 Å². The Kier molecular flexibility index (Phi) is 5.61. The number of urea groups is 1.